The summed E-state index contributed by atoms with van der Waals surface area (Å²) in [5, 5.41) is 13.9. The van der Waals surface area contributed by atoms with Crippen molar-refractivity contribution in [3.8, 4) is 0 Å². The summed E-state index contributed by atoms with van der Waals surface area (Å²) < 4.78 is 23.7. The molecule has 0 aliphatic rings. The van der Waals surface area contributed by atoms with Crippen LogP contribution in [0.2, 0.25) is 0 Å². The normalized spacial score (nSPS) is 14.1. The van der Waals surface area contributed by atoms with E-state index < -0.39 is 20.0 Å². The Kier molecular flexibility index (Phi) is 48.2. The Labute approximate surface area is 411 Å². The number of quaternary nitrogens is 1. The second kappa shape index (κ2) is 49.0. The summed E-state index contributed by atoms with van der Waals surface area (Å²) in [5.74, 6) is -0.172. The predicted octanol–water partition coefficient (Wildman–Crippen LogP) is 17.2. The van der Waals surface area contributed by atoms with Gasteiger partial charge in [-0.3, -0.25) is 13.8 Å². The molecule has 0 aromatic heterocycles. The second-order valence-electron chi connectivity index (χ2n) is 21.0. The van der Waals surface area contributed by atoms with Crippen molar-refractivity contribution < 1.29 is 32.9 Å². The van der Waals surface area contributed by atoms with Crippen LogP contribution in [0.4, 0.5) is 0 Å². The molecule has 0 bridgehead atoms. The molecule has 0 radical (unpaired) electrons. The van der Waals surface area contributed by atoms with Crippen molar-refractivity contribution in [2.24, 2.45) is 0 Å². The van der Waals surface area contributed by atoms with Gasteiger partial charge in [0.25, 0.3) is 0 Å². The van der Waals surface area contributed by atoms with E-state index in [0.29, 0.717) is 17.4 Å². The fourth-order valence-electron chi connectivity index (χ4n) is 8.63. The minimum Gasteiger partial charge on any atom is -0.387 e. The van der Waals surface area contributed by atoms with Crippen molar-refractivity contribution in [1.82, 2.24) is 5.32 Å². The number of unbranched alkanes of at least 4 members (excludes halogenated alkanes) is 38. The third kappa shape index (κ3) is 50.8. The third-order valence-electron chi connectivity index (χ3n) is 13.2. The lowest BCUT2D eigenvalue weighted by Crippen LogP contribution is -2.45. The topological polar surface area (TPSA) is 105 Å². The molecular formula is C57H114N2O6P+. The highest BCUT2D eigenvalue weighted by atomic mass is 31.2. The van der Waals surface area contributed by atoms with Crippen LogP contribution < -0.4 is 5.32 Å². The Morgan fingerprint density at radius 3 is 1.17 bits per heavy atom. The largest absolute Gasteiger partial charge is 0.472 e. The summed E-state index contributed by atoms with van der Waals surface area (Å²) in [6, 6.07) is -0.844. The van der Waals surface area contributed by atoms with Crippen molar-refractivity contribution in [1.29, 1.82) is 0 Å². The van der Waals surface area contributed by atoms with Crippen molar-refractivity contribution in [3.63, 3.8) is 0 Å². The number of aliphatic hydroxyl groups is 1. The Bertz CT molecular complexity index is 1130. The van der Waals surface area contributed by atoms with Crippen LogP contribution in [0.1, 0.15) is 284 Å². The maximum atomic E-state index is 13.0. The van der Waals surface area contributed by atoms with E-state index in [9.17, 15) is 19.4 Å². The van der Waals surface area contributed by atoms with Gasteiger partial charge < -0.3 is 19.8 Å². The smallest absolute Gasteiger partial charge is 0.387 e. The monoisotopic (exact) mass is 954 g/mol. The standard InChI is InChI=1S/C57H113N2O6P/c1-6-8-10-12-14-16-18-20-22-24-25-26-27-28-29-30-31-32-33-35-37-39-41-43-45-47-49-51-57(61)58-55(54-65-66(62,63)64-53-52-59(3,4)5)56(60)50-48-46-44-42-40-38-36-34-23-21-19-17-15-13-11-9-7-2/h24-25,48,50,55-56,60H,6-23,26-47,49,51-54H2,1-5H3,(H-,58,61,62,63)/p+1/b25-24-,50-48+. The Balaban J connectivity index is 4.14. The molecule has 0 aliphatic heterocycles. The van der Waals surface area contributed by atoms with Gasteiger partial charge in [0.05, 0.1) is 39.9 Å². The van der Waals surface area contributed by atoms with Gasteiger partial charge in [0.15, 0.2) is 0 Å². The van der Waals surface area contributed by atoms with Crippen LogP contribution in [0.3, 0.4) is 0 Å². The summed E-state index contributed by atoms with van der Waals surface area (Å²) in [4.78, 5) is 23.3. The average Bonchev–Trinajstić information content (AvgIpc) is 3.28. The molecule has 0 fully saturated rings. The first-order chi connectivity index (χ1) is 32.0. The molecule has 0 aliphatic carbocycles. The zero-order valence-electron chi connectivity index (χ0n) is 44.7. The molecule has 3 N–H and O–H groups in total. The van der Waals surface area contributed by atoms with Gasteiger partial charge in [-0.05, 0) is 44.9 Å². The van der Waals surface area contributed by atoms with Gasteiger partial charge in [-0.25, -0.2) is 4.57 Å². The van der Waals surface area contributed by atoms with Crippen molar-refractivity contribution >= 4 is 13.7 Å². The van der Waals surface area contributed by atoms with Crippen LogP contribution in [0.15, 0.2) is 24.3 Å². The van der Waals surface area contributed by atoms with E-state index in [4.69, 9.17) is 9.05 Å². The molecule has 66 heavy (non-hydrogen) atoms. The first-order valence-corrected chi connectivity index (χ1v) is 30.2. The number of phosphoric acid groups is 1. The van der Waals surface area contributed by atoms with Gasteiger partial charge in [-0.1, -0.05) is 256 Å². The zero-order chi connectivity index (χ0) is 48.5. The molecule has 8 nitrogen and oxygen atoms in total. The maximum absolute atomic E-state index is 13.0. The van der Waals surface area contributed by atoms with E-state index in [1.54, 1.807) is 6.08 Å². The number of phosphoric ester groups is 1. The number of allylic oxidation sites excluding steroid dienone is 3. The summed E-state index contributed by atoms with van der Waals surface area (Å²) in [7, 11) is 1.58. The van der Waals surface area contributed by atoms with E-state index in [1.807, 2.05) is 27.2 Å². The SMILES string of the molecule is CCCCCCCCCC/C=C\CCCCCCCCCCCCCCCCCC(=O)NC(COP(=O)(O)OCC[N+](C)(C)C)C(O)/C=C/CCCCCCCCCCCCCCCCC. The van der Waals surface area contributed by atoms with Gasteiger partial charge in [-0.2, -0.15) is 0 Å². The number of likely N-dealkylation sites (N-methyl/N-ethyl adjacent to an activating group) is 1. The van der Waals surface area contributed by atoms with Crippen LogP contribution in [0.25, 0.3) is 0 Å². The Morgan fingerprint density at radius 2 is 0.818 bits per heavy atom. The van der Waals surface area contributed by atoms with E-state index >= 15 is 0 Å². The fraction of sp³-hybridized carbons (Fsp3) is 0.912. The van der Waals surface area contributed by atoms with Crippen LogP contribution in [0.5, 0.6) is 0 Å². The molecule has 0 rings (SSSR count). The van der Waals surface area contributed by atoms with Crippen molar-refractivity contribution in [2.75, 3.05) is 40.9 Å². The first-order valence-electron chi connectivity index (χ1n) is 28.7. The number of hydrogen-bond acceptors (Lipinski definition) is 5. The molecule has 0 saturated carbocycles. The van der Waals surface area contributed by atoms with Gasteiger partial charge >= 0.3 is 7.82 Å². The summed E-state index contributed by atoms with van der Waals surface area (Å²) in [6.45, 7) is 4.85. The number of nitrogens with zero attached hydrogens (tertiary/aromatic N) is 1. The molecular weight excluding hydrogens is 840 g/mol. The molecule has 9 heteroatoms. The maximum Gasteiger partial charge on any atom is 0.472 e. The highest BCUT2D eigenvalue weighted by Crippen LogP contribution is 2.43. The molecule has 392 valence electrons. The van der Waals surface area contributed by atoms with Gasteiger partial charge in [-0.15, -0.1) is 0 Å². The molecule has 0 aromatic rings. The number of amides is 1. The highest BCUT2D eigenvalue weighted by Gasteiger charge is 2.27. The molecule has 0 saturated heterocycles. The predicted molar refractivity (Wildman–Crippen MR) is 286 cm³/mol. The highest BCUT2D eigenvalue weighted by molar-refractivity contribution is 7.47. The van der Waals surface area contributed by atoms with E-state index in [0.717, 1.165) is 38.5 Å². The van der Waals surface area contributed by atoms with E-state index in [2.05, 4.69) is 31.3 Å². The lowest BCUT2D eigenvalue weighted by molar-refractivity contribution is -0.870. The Morgan fingerprint density at radius 1 is 0.500 bits per heavy atom. The van der Waals surface area contributed by atoms with Crippen molar-refractivity contribution in [3.05, 3.63) is 24.3 Å². The van der Waals surface area contributed by atoms with E-state index in [1.165, 1.54) is 225 Å². The average molecular weight is 955 g/mol. The number of carbonyl (C=O) groups is 1. The summed E-state index contributed by atoms with van der Waals surface area (Å²) >= 11 is 0. The summed E-state index contributed by atoms with van der Waals surface area (Å²) in [5.41, 5.74) is 0. The minimum atomic E-state index is -4.34. The van der Waals surface area contributed by atoms with E-state index in [-0.39, 0.29) is 19.1 Å². The van der Waals surface area contributed by atoms with Gasteiger partial charge in [0, 0.05) is 6.42 Å². The molecule has 3 unspecified atom stereocenters. The molecule has 0 heterocycles. The molecule has 0 aromatic carbocycles. The van der Waals surface area contributed by atoms with Crippen molar-refractivity contribution in [2.45, 2.75) is 296 Å². The van der Waals surface area contributed by atoms with Gasteiger partial charge in [0.2, 0.25) is 5.91 Å². The first kappa shape index (κ1) is 65.0. The molecule has 3 atom stereocenters. The number of aliphatic hydroxyl groups excluding tert-OH is 1. The molecule has 0 spiro atoms. The number of hydrogen-bond donors (Lipinski definition) is 3. The second-order valence-corrected chi connectivity index (χ2v) is 22.5. The van der Waals surface area contributed by atoms with Crippen LogP contribution in [-0.4, -0.2) is 73.4 Å². The van der Waals surface area contributed by atoms with Crippen LogP contribution in [0, 0.1) is 0 Å². The van der Waals surface area contributed by atoms with Gasteiger partial charge in [0.1, 0.15) is 13.2 Å². The Hall–Kier alpha value is -1.02. The quantitative estimate of drug-likeness (QED) is 0.0243. The third-order valence-corrected chi connectivity index (χ3v) is 14.1. The van der Waals surface area contributed by atoms with Crippen LogP contribution in [-0.2, 0) is 18.4 Å². The number of rotatable bonds is 53. The lowest BCUT2D eigenvalue weighted by Gasteiger charge is -2.25. The minimum absolute atomic E-state index is 0.0637. The summed E-state index contributed by atoms with van der Waals surface area (Å²) in [6.07, 6.45) is 61.3. The fourth-order valence-corrected chi connectivity index (χ4v) is 9.36. The van der Waals surface area contributed by atoms with Crippen LogP contribution >= 0.6 is 7.82 Å². The lowest BCUT2D eigenvalue weighted by atomic mass is 10.0. The zero-order valence-corrected chi connectivity index (χ0v) is 45.6. The number of nitrogens with one attached hydrogen (secondary N) is 1. The number of carbonyl (C=O) groups excluding carboxylic acids is 1. The molecule has 1 amide bonds.